The molecule has 1 N–H and O–H groups in total. The fourth-order valence-electron chi connectivity index (χ4n) is 2.27. The van der Waals surface area contributed by atoms with Gasteiger partial charge in [-0.3, -0.25) is 0 Å². The zero-order valence-corrected chi connectivity index (χ0v) is 11.1. The number of nitriles is 1. The Morgan fingerprint density at radius 1 is 1.30 bits per heavy atom. The van der Waals surface area contributed by atoms with Crippen LogP contribution in [0.25, 0.3) is 0 Å². The molecule has 102 valence electrons. The second-order valence-corrected chi connectivity index (χ2v) is 5.17. The van der Waals surface area contributed by atoms with Gasteiger partial charge in [-0.25, -0.2) is 4.39 Å². The van der Waals surface area contributed by atoms with Crippen LogP contribution in [0, 0.1) is 17.1 Å². The maximum Gasteiger partial charge on any atom is 0.145 e. The predicted octanol–water partition coefficient (Wildman–Crippen LogP) is 2.80. The van der Waals surface area contributed by atoms with Crippen LogP contribution in [0.1, 0.15) is 29.7 Å². The Morgan fingerprint density at radius 3 is 2.90 bits per heavy atom. The zero-order valence-electron chi connectivity index (χ0n) is 11.1. The molecule has 2 aromatic rings. The maximum absolute atomic E-state index is 14.1. The van der Waals surface area contributed by atoms with E-state index in [-0.39, 0.29) is 5.56 Å². The van der Waals surface area contributed by atoms with Crippen molar-refractivity contribution < 1.29 is 4.39 Å². The lowest BCUT2D eigenvalue weighted by atomic mass is 10.1. The highest BCUT2D eigenvalue weighted by atomic mass is 19.1. The summed E-state index contributed by atoms with van der Waals surface area (Å²) in [5.41, 5.74) is 1.79. The molecule has 0 amide bonds. The smallest absolute Gasteiger partial charge is 0.145 e. The van der Waals surface area contributed by atoms with Gasteiger partial charge in [0.1, 0.15) is 11.9 Å². The summed E-state index contributed by atoms with van der Waals surface area (Å²) in [6, 6.07) is 11.5. The number of hydrogen-bond acceptors (Lipinski definition) is 2. The van der Waals surface area contributed by atoms with Crippen molar-refractivity contribution in [3.05, 3.63) is 59.2 Å². The van der Waals surface area contributed by atoms with Gasteiger partial charge in [0.2, 0.25) is 0 Å². The van der Waals surface area contributed by atoms with E-state index in [2.05, 4.69) is 5.32 Å². The number of nitrogens with one attached hydrogen (secondary N) is 1. The van der Waals surface area contributed by atoms with Crippen molar-refractivity contribution in [1.29, 1.82) is 5.26 Å². The molecule has 3 nitrogen and oxygen atoms in total. The Labute approximate surface area is 117 Å². The van der Waals surface area contributed by atoms with E-state index < -0.39 is 5.82 Å². The maximum atomic E-state index is 14.1. The van der Waals surface area contributed by atoms with Crippen molar-refractivity contribution in [2.24, 2.45) is 0 Å². The van der Waals surface area contributed by atoms with Crippen molar-refractivity contribution in [2.75, 3.05) is 0 Å². The van der Waals surface area contributed by atoms with Crippen molar-refractivity contribution in [1.82, 2.24) is 9.88 Å². The minimum Gasteiger partial charge on any atom is -0.346 e. The van der Waals surface area contributed by atoms with Gasteiger partial charge < -0.3 is 9.88 Å². The third kappa shape index (κ3) is 2.73. The van der Waals surface area contributed by atoms with Gasteiger partial charge in [-0.1, -0.05) is 12.1 Å². The van der Waals surface area contributed by atoms with Crippen molar-refractivity contribution in [3.63, 3.8) is 0 Å². The molecule has 1 aromatic carbocycles. The van der Waals surface area contributed by atoms with E-state index in [4.69, 9.17) is 5.26 Å². The van der Waals surface area contributed by atoms with Gasteiger partial charge in [0.25, 0.3) is 0 Å². The van der Waals surface area contributed by atoms with Crippen molar-refractivity contribution >= 4 is 0 Å². The van der Waals surface area contributed by atoms with Crippen LogP contribution in [-0.2, 0) is 13.1 Å². The Kier molecular flexibility index (Phi) is 3.53. The fraction of sp³-hybridized carbons (Fsp3) is 0.312. The molecular formula is C16H16FN3. The molecule has 0 saturated heterocycles. The van der Waals surface area contributed by atoms with Crippen LogP contribution in [0.3, 0.4) is 0 Å². The lowest BCUT2D eigenvalue weighted by Gasteiger charge is -2.11. The van der Waals surface area contributed by atoms with E-state index in [9.17, 15) is 4.39 Å². The fourth-order valence-corrected chi connectivity index (χ4v) is 2.27. The number of hydrogen-bond donors (Lipinski definition) is 1. The first-order valence-electron chi connectivity index (χ1n) is 6.83. The van der Waals surface area contributed by atoms with Crippen LogP contribution < -0.4 is 5.32 Å². The van der Waals surface area contributed by atoms with Crippen LogP contribution in [0.2, 0.25) is 0 Å². The van der Waals surface area contributed by atoms with Crippen molar-refractivity contribution in [2.45, 2.75) is 32.0 Å². The first-order valence-corrected chi connectivity index (χ1v) is 6.83. The van der Waals surface area contributed by atoms with Gasteiger partial charge in [0.15, 0.2) is 0 Å². The Balaban J connectivity index is 1.77. The van der Waals surface area contributed by atoms with Gasteiger partial charge in [-0.05, 0) is 31.0 Å². The average molecular weight is 269 g/mol. The average Bonchev–Trinajstić information content (AvgIpc) is 3.19. The summed E-state index contributed by atoms with van der Waals surface area (Å²) in [7, 11) is 0. The number of rotatable bonds is 5. The lowest BCUT2D eigenvalue weighted by Crippen LogP contribution is -2.18. The van der Waals surface area contributed by atoms with E-state index in [1.54, 1.807) is 12.1 Å². The van der Waals surface area contributed by atoms with E-state index in [0.29, 0.717) is 18.2 Å². The first kappa shape index (κ1) is 12.9. The third-order valence-electron chi connectivity index (χ3n) is 3.61. The lowest BCUT2D eigenvalue weighted by molar-refractivity contribution is 0.584. The van der Waals surface area contributed by atoms with Crippen LogP contribution in [0.4, 0.5) is 4.39 Å². The molecule has 4 heteroatoms. The summed E-state index contributed by atoms with van der Waals surface area (Å²) in [6.45, 7) is 1.26. The molecule has 1 aromatic heterocycles. The van der Waals surface area contributed by atoms with E-state index in [0.717, 1.165) is 12.2 Å². The summed E-state index contributed by atoms with van der Waals surface area (Å²) in [6.07, 6.45) is 4.45. The summed E-state index contributed by atoms with van der Waals surface area (Å²) < 4.78 is 16.1. The minimum absolute atomic E-state index is 0.104. The molecule has 1 heterocycles. The number of benzene rings is 1. The minimum atomic E-state index is -0.412. The first-order chi connectivity index (χ1) is 9.78. The van der Waals surface area contributed by atoms with Crippen LogP contribution >= 0.6 is 0 Å². The third-order valence-corrected chi connectivity index (χ3v) is 3.61. The summed E-state index contributed by atoms with van der Waals surface area (Å²) in [5.74, 6) is -0.412. The highest BCUT2D eigenvalue weighted by Gasteiger charge is 2.20. The van der Waals surface area contributed by atoms with E-state index in [1.807, 2.05) is 29.0 Å². The van der Waals surface area contributed by atoms with Gasteiger partial charge in [-0.2, -0.15) is 5.26 Å². The molecule has 0 radical (unpaired) electrons. The van der Waals surface area contributed by atoms with Gasteiger partial charge >= 0.3 is 0 Å². The molecule has 1 fully saturated rings. The quantitative estimate of drug-likeness (QED) is 0.906. The van der Waals surface area contributed by atoms with Crippen LogP contribution in [0.15, 0.2) is 36.5 Å². The Hall–Kier alpha value is -2.12. The van der Waals surface area contributed by atoms with Gasteiger partial charge in [-0.15, -0.1) is 0 Å². The molecule has 0 bridgehead atoms. The van der Waals surface area contributed by atoms with Crippen LogP contribution in [0.5, 0.6) is 0 Å². The molecule has 1 saturated carbocycles. The van der Waals surface area contributed by atoms with Crippen LogP contribution in [-0.4, -0.2) is 10.6 Å². The molecule has 0 aliphatic heterocycles. The molecule has 3 rings (SSSR count). The summed E-state index contributed by atoms with van der Waals surface area (Å²) >= 11 is 0. The Bertz CT molecular complexity index is 650. The molecule has 1 aliphatic rings. The largest absolute Gasteiger partial charge is 0.346 e. The number of halogens is 1. The standard InChI is InChI=1S/C16H16FN3/c17-16-12(9-18)3-1-4-13(16)11-20-8-2-5-15(20)10-19-14-6-7-14/h1-5,8,14,19H,6-7,10-11H2. The van der Waals surface area contributed by atoms with Crippen molar-refractivity contribution in [3.8, 4) is 6.07 Å². The topological polar surface area (TPSA) is 40.8 Å². The Morgan fingerprint density at radius 2 is 2.15 bits per heavy atom. The van der Waals surface area contributed by atoms with Gasteiger partial charge in [0.05, 0.1) is 12.1 Å². The monoisotopic (exact) mass is 269 g/mol. The summed E-state index contributed by atoms with van der Waals surface area (Å²) in [4.78, 5) is 0. The number of nitrogens with zero attached hydrogens (tertiary/aromatic N) is 2. The highest BCUT2D eigenvalue weighted by Crippen LogP contribution is 2.20. The second-order valence-electron chi connectivity index (χ2n) is 5.17. The number of aromatic nitrogens is 1. The van der Waals surface area contributed by atoms with E-state index in [1.165, 1.54) is 18.9 Å². The normalized spacial score (nSPS) is 14.2. The molecule has 0 unspecified atom stereocenters. The summed E-state index contributed by atoms with van der Waals surface area (Å²) in [5, 5.41) is 12.3. The molecular weight excluding hydrogens is 253 g/mol. The SMILES string of the molecule is N#Cc1cccc(Cn2cccc2CNC2CC2)c1F. The predicted molar refractivity (Wildman–Crippen MR) is 74.5 cm³/mol. The zero-order chi connectivity index (χ0) is 13.9. The molecule has 1 aliphatic carbocycles. The van der Waals surface area contributed by atoms with E-state index >= 15 is 0 Å². The molecule has 0 atom stereocenters. The molecule has 0 spiro atoms. The highest BCUT2D eigenvalue weighted by molar-refractivity contribution is 5.35. The molecule has 20 heavy (non-hydrogen) atoms. The van der Waals surface area contributed by atoms with Gasteiger partial charge in [0, 0.05) is 30.0 Å². The second kappa shape index (κ2) is 5.48.